The van der Waals surface area contributed by atoms with Crippen molar-refractivity contribution in [3.63, 3.8) is 0 Å². The van der Waals surface area contributed by atoms with Gasteiger partial charge >= 0.3 is 0 Å². The summed E-state index contributed by atoms with van der Waals surface area (Å²) < 4.78 is 10.6. The van der Waals surface area contributed by atoms with Crippen LogP contribution in [0.4, 0.5) is 0 Å². The Labute approximate surface area is 204 Å². The van der Waals surface area contributed by atoms with Crippen LogP contribution in [0.5, 0.6) is 5.75 Å². The van der Waals surface area contributed by atoms with E-state index in [4.69, 9.17) is 9.15 Å². The van der Waals surface area contributed by atoms with Crippen molar-refractivity contribution in [2.75, 3.05) is 20.2 Å². The van der Waals surface area contributed by atoms with Crippen LogP contribution in [0.15, 0.2) is 77.5 Å². The van der Waals surface area contributed by atoms with Crippen molar-refractivity contribution < 1.29 is 18.7 Å². The Hall–Kier alpha value is -4.00. The molecule has 0 unspecified atom stereocenters. The topological polar surface area (TPSA) is 78.8 Å². The fourth-order valence-electron chi connectivity index (χ4n) is 4.38. The van der Waals surface area contributed by atoms with E-state index < -0.39 is 0 Å². The molecule has 1 aliphatic rings. The average Bonchev–Trinajstić information content (AvgIpc) is 3.41. The summed E-state index contributed by atoms with van der Waals surface area (Å²) in [6.07, 6.45) is 6.03. The van der Waals surface area contributed by atoms with Gasteiger partial charge in [-0.3, -0.25) is 9.59 Å². The molecule has 1 aliphatic carbocycles. The number of benzene rings is 2. The molecule has 180 valence electrons. The summed E-state index contributed by atoms with van der Waals surface area (Å²) in [5.74, 6) is 0.735. The van der Waals surface area contributed by atoms with E-state index in [0.717, 1.165) is 35.1 Å². The Morgan fingerprint density at radius 2 is 1.86 bits per heavy atom. The second-order valence-electron chi connectivity index (χ2n) is 8.91. The van der Waals surface area contributed by atoms with Gasteiger partial charge < -0.3 is 23.9 Å². The number of nitrogens with zero attached hydrogens (tertiary/aromatic N) is 2. The average molecular weight is 472 g/mol. The number of hydrogen-bond acceptors (Lipinski definition) is 4. The number of fused-ring (bicyclic) bond motifs is 1. The minimum absolute atomic E-state index is 0.0360. The summed E-state index contributed by atoms with van der Waals surface area (Å²) in [7, 11) is 1.63. The molecule has 5 rings (SSSR count). The van der Waals surface area contributed by atoms with Crippen molar-refractivity contribution in [3.05, 3.63) is 90.0 Å². The Morgan fingerprint density at radius 1 is 1.06 bits per heavy atom. The number of furan rings is 1. The van der Waals surface area contributed by atoms with Crippen LogP contribution >= 0.6 is 0 Å². The van der Waals surface area contributed by atoms with Gasteiger partial charge in [0.25, 0.3) is 5.91 Å². The third kappa shape index (κ3) is 5.24. The number of ether oxygens (including phenoxy) is 1. The molecule has 7 nitrogen and oxygen atoms in total. The van der Waals surface area contributed by atoms with Gasteiger partial charge in [-0.1, -0.05) is 30.3 Å². The standard InChI is InChI=1S/C28H29N3O4/c1-34-23-12-8-20(9-13-23)18-30(15-14-21-17-29-25-6-3-2-5-24(21)25)27(32)19-31(22-10-11-22)28(33)26-7-4-16-35-26/h2-9,12-13,16-17,22,29H,10-11,14-15,18-19H2,1H3. The van der Waals surface area contributed by atoms with Crippen LogP contribution < -0.4 is 4.74 Å². The highest BCUT2D eigenvalue weighted by Crippen LogP contribution is 2.28. The molecule has 2 aromatic heterocycles. The Balaban J connectivity index is 1.34. The molecule has 2 heterocycles. The van der Waals surface area contributed by atoms with Crippen LogP contribution in [-0.2, 0) is 17.8 Å². The smallest absolute Gasteiger partial charge is 0.290 e. The normalized spacial score (nSPS) is 13.1. The first-order valence-corrected chi connectivity index (χ1v) is 11.9. The highest BCUT2D eigenvalue weighted by atomic mass is 16.5. The highest BCUT2D eigenvalue weighted by molar-refractivity contribution is 5.94. The maximum atomic E-state index is 13.6. The molecule has 2 aromatic carbocycles. The minimum Gasteiger partial charge on any atom is -0.497 e. The number of aromatic nitrogens is 1. The molecular weight excluding hydrogens is 442 g/mol. The van der Waals surface area contributed by atoms with E-state index in [0.29, 0.717) is 19.5 Å². The Bertz CT molecular complexity index is 1290. The van der Waals surface area contributed by atoms with Gasteiger partial charge in [-0.25, -0.2) is 0 Å². The molecule has 0 bridgehead atoms. The predicted molar refractivity (Wildman–Crippen MR) is 133 cm³/mol. The predicted octanol–water partition coefficient (Wildman–Crippen LogP) is 4.65. The molecule has 1 fully saturated rings. The number of aromatic amines is 1. The van der Waals surface area contributed by atoms with Gasteiger partial charge in [-0.05, 0) is 60.7 Å². The number of hydrogen-bond donors (Lipinski definition) is 1. The second kappa shape index (κ2) is 10.1. The molecule has 7 heteroatoms. The summed E-state index contributed by atoms with van der Waals surface area (Å²) >= 11 is 0. The molecule has 2 amide bonds. The minimum atomic E-state index is -0.230. The van der Waals surface area contributed by atoms with Gasteiger partial charge in [0.2, 0.25) is 5.91 Å². The van der Waals surface area contributed by atoms with Crippen molar-refractivity contribution in [2.24, 2.45) is 0 Å². The number of carbonyl (C=O) groups is 2. The number of methoxy groups -OCH3 is 1. The monoisotopic (exact) mass is 471 g/mol. The van der Waals surface area contributed by atoms with Gasteiger partial charge in [0.1, 0.15) is 12.3 Å². The maximum absolute atomic E-state index is 13.6. The zero-order valence-electron chi connectivity index (χ0n) is 19.8. The van der Waals surface area contributed by atoms with Crippen molar-refractivity contribution in [1.82, 2.24) is 14.8 Å². The van der Waals surface area contributed by atoms with Gasteiger partial charge in [-0.15, -0.1) is 0 Å². The third-order valence-corrected chi connectivity index (χ3v) is 6.50. The summed E-state index contributed by atoms with van der Waals surface area (Å²) in [4.78, 5) is 33.4. The van der Waals surface area contributed by atoms with Gasteiger partial charge in [0.15, 0.2) is 5.76 Å². The first kappa shape index (κ1) is 22.8. The van der Waals surface area contributed by atoms with Crippen molar-refractivity contribution in [1.29, 1.82) is 0 Å². The number of H-pyrrole nitrogens is 1. The molecule has 0 radical (unpaired) electrons. The molecule has 0 saturated heterocycles. The largest absolute Gasteiger partial charge is 0.497 e. The molecule has 35 heavy (non-hydrogen) atoms. The summed E-state index contributed by atoms with van der Waals surface area (Å²) in [5, 5.41) is 1.16. The van der Waals surface area contributed by atoms with Crippen LogP contribution in [-0.4, -0.2) is 52.8 Å². The highest BCUT2D eigenvalue weighted by Gasteiger charge is 2.36. The number of nitrogens with one attached hydrogen (secondary N) is 1. The van der Waals surface area contributed by atoms with E-state index in [1.165, 1.54) is 11.8 Å². The number of para-hydroxylation sites is 1. The fourth-order valence-corrected chi connectivity index (χ4v) is 4.38. The molecule has 0 aliphatic heterocycles. The van der Waals surface area contributed by atoms with Crippen LogP contribution in [0.2, 0.25) is 0 Å². The van der Waals surface area contributed by atoms with Crippen LogP contribution in [0, 0.1) is 0 Å². The van der Waals surface area contributed by atoms with Gasteiger partial charge in [-0.2, -0.15) is 0 Å². The molecule has 1 saturated carbocycles. The lowest BCUT2D eigenvalue weighted by Crippen LogP contribution is -2.44. The molecule has 4 aromatic rings. The third-order valence-electron chi connectivity index (χ3n) is 6.50. The number of carbonyl (C=O) groups excluding carboxylic acids is 2. The fraction of sp³-hybridized carbons (Fsp3) is 0.286. The van der Waals surface area contributed by atoms with E-state index in [9.17, 15) is 9.59 Å². The second-order valence-corrected chi connectivity index (χ2v) is 8.91. The first-order valence-electron chi connectivity index (χ1n) is 11.9. The lowest BCUT2D eigenvalue weighted by atomic mass is 10.1. The summed E-state index contributed by atoms with van der Waals surface area (Å²) in [5.41, 5.74) is 3.26. The van der Waals surface area contributed by atoms with Crippen molar-refractivity contribution >= 4 is 22.7 Å². The molecular formula is C28H29N3O4. The summed E-state index contributed by atoms with van der Waals surface area (Å²) in [6, 6.07) is 19.3. The van der Waals surface area contributed by atoms with Crippen molar-refractivity contribution in [3.8, 4) is 5.75 Å². The van der Waals surface area contributed by atoms with E-state index in [-0.39, 0.29) is 30.2 Å². The quantitative estimate of drug-likeness (QED) is 0.365. The Morgan fingerprint density at radius 3 is 2.57 bits per heavy atom. The van der Waals surface area contributed by atoms with Gasteiger partial charge in [0, 0.05) is 36.2 Å². The molecule has 0 atom stereocenters. The van der Waals surface area contributed by atoms with Crippen molar-refractivity contribution in [2.45, 2.75) is 31.8 Å². The van der Waals surface area contributed by atoms with Gasteiger partial charge in [0.05, 0.1) is 13.4 Å². The number of amides is 2. The van der Waals surface area contributed by atoms with E-state index in [1.807, 2.05) is 53.6 Å². The SMILES string of the molecule is COc1ccc(CN(CCc2c[nH]c3ccccc23)C(=O)CN(C(=O)c2ccco2)C2CC2)cc1. The summed E-state index contributed by atoms with van der Waals surface area (Å²) in [6.45, 7) is 1.03. The van der Waals surface area contributed by atoms with E-state index in [2.05, 4.69) is 11.1 Å². The van der Waals surface area contributed by atoms with E-state index >= 15 is 0 Å². The lowest BCUT2D eigenvalue weighted by molar-refractivity contribution is -0.132. The Kier molecular flexibility index (Phi) is 6.57. The zero-order valence-corrected chi connectivity index (χ0v) is 19.8. The van der Waals surface area contributed by atoms with Crippen LogP contribution in [0.1, 0.15) is 34.5 Å². The lowest BCUT2D eigenvalue weighted by Gasteiger charge is -2.27. The molecule has 0 spiro atoms. The number of rotatable bonds is 10. The maximum Gasteiger partial charge on any atom is 0.290 e. The molecule has 1 N–H and O–H groups in total. The first-order chi connectivity index (χ1) is 17.1. The van der Waals surface area contributed by atoms with E-state index in [1.54, 1.807) is 24.1 Å². The zero-order chi connectivity index (χ0) is 24.2. The van der Waals surface area contributed by atoms with Crippen LogP contribution in [0.25, 0.3) is 10.9 Å². The van der Waals surface area contributed by atoms with Crippen LogP contribution in [0.3, 0.4) is 0 Å².